The van der Waals surface area contributed by atoms with Crippen LogP contribution in [0, 0.1) is 5.41 Å². The zero-order chi connectivity index (χ0) is 14.2. The maximum atomic E-state index is 12.2. The van der Waals surface area contributed by atoms with Crippen molar-refractivity contribution < 1.29 is 9.59 Å². The molecule has 0 saturated carbocycles. The molecular weight excluding hydrogens is 240 g/mol. The molecule has 1 aromatic rings. The van der Waals surface area contributed by atoms with Crippen molar-refractivity contribution in [3.63, 3.8) is 0 Å². The van der Waals surface area contributed by atoms with Gasteiger partial charge in [0.1, 0.15) is 0 Å². The standard InChI is InChI=1S/C15H20N2O2/c1-10-15(3,14(19)16-4)9-12-7-5-6-8-13(12)17(10)11(2)18/h5-8,10H,9H2,1-4H3,(H,16,19). The Balaban J connectivity index is 2.57. The maximum Gasteiger partial charge on any atom is 0.228 e. The van der Waals surface area contributed by atoms with Crippen molar-refractivity contribution in [2.45, 2.75) is 33.2 Å². The molecule has 102 valence electrons. The highest BCUT2D eigenvalue weighted by Gasteiger charge is 2.46. The van der Waals surface area contributed by atoms with Crippen LogP contribution in [-0.4, -0.2) is 24.9 Å². The van der Waals surface area contributed by atoms with E-state index in [-0.39, 0.29) is 17.9 Å². The lowest BCUT2D eigenvalue weighted by Gasteiger charge is -2.45. The second-order valence-electron chi connectivity index (χ2n) is 5.37. The summed E-state index contributed by atoms with van der Waals surface area (Å²) in [5.74, 6) is -0.0597. The van der Waals surface area contributed by atoms with Crippen LogP contribution in [-0.2, 0) is 16.0 Å². The van der Waals surface area contributed by atoms with Gasteiger partial charge in [0.2, 0.25) is 11.8 Å². The third-order valence-electron chi connectivity index (χ3n) is 4.20. The van der Waals surface area contributed by atoms with Crippen molar-refractivity contribution in [2.24, 2.45) is 5.41 Å². The summed E-state index contributed by atoms with van der Waals surface area (Å²) in [6.45, 7) is 5.40. The zero-order valence-corrected chi connectivity index (χ0v) is 11.9. The number of nitrogens with zero attached hydrogens (tertiary/aromatic N) is 1. The number of carbonyl (C=O) groups is 2. The molecule has 2 amide bonds. The number of carbonyl (C=O) groups excluding carboxylic acids is 2. The molecule has 4 heteroatoms. The van der Waals surface area contributed by atoms with Crippen LogP contribution in [0.4, 0.5) is 5.69 Å². The van der Waals surface area contributed by atoms with Gasteiger partial charge in [-0.1, -0.05) is 18.2 Å². The SMILES string of the molecule is CNC(=O)C1(C)Cc2ccccc2N(C(C)=O)C1C. The minimum absolute atomic E-state index is 0.0271. The van der Waals surface area contributed by atoms with E-state index in [4.69, 9.17) is 0 Å². The molecule has 0 aliphatic carbocycles. The molecule has 0 bridgehead atoms. The smallest absolute Gasteiger partial charge is 0.228 e. The summed E-state index contributed by atoms with van der Waals surface area (Å²) in [5.41, 5.74) is 1.36. The van der Waals surface area contributed by atoms with Gasteiger partial charge in [-0.05, 0) is 31.9 Å². The Morgan fingerprint density at radius 1 is 1.37 bits per heavy atom. The van der Waals surface area contributed by atoms with Crippen molar-refractivity contribution in [3.8, 4) is 0 Å². The largest absolute Gasteiger partial charge is 0.359 e. The van der Waals surface area contributed by atoms with Crippen LogP contribution in [0.1, 0.15) is 26.3 Å². The highest BCUT2D eigenvalue weighted by Crippen LogP contribution is 2.41. The Labute approximate surface area is 113 Å². The Morgan fingerprint density at radius 3 is 2.58 bits per heavy atom. The lowest BCUT2D eigenvalue weighted by Crippen LogP contribution is -2.57. The van der Waals surface area contributed by atoms with Crippen LogP contribution in [0.25, 0.3) is 0 Å². The molecule has 1 heterocycles. The van der Waals surface area contributed by atoms with Crippen LogP contribution >= 0.6 is 0 Å². The molecule has 19 heavy (non-hydrogen) atoms. The van der Waals surface area contributed by atoms with E-state index in [1.165, 1.54) is 0 Å². The molecule has 2 unspecified atom stereocenters. The maximum absolute atomic E-state index is 12.2. The number of benzene rings is 1. The van der Waals surface area contributed by atoms with Gasteiger partial charge in [0.05, 0.1) is 5.41 Å². The fourth-order valence-electron chi connectivity index (χ4n) is 2.93. The first kappa shape index (κ1) is 13.6. The predicted molar refractivity (Wildman–Crippen MR) is 74.9 cm³/mol. The van der Waals surface area contributed by atoms with E-state index in [9.17, 15) is 9.59 Å². The minimum Gasteiger partial charge on any atom is -0.359 e. The molecule has 0 spiro atoms. The van der Waals surface area contributed by atoms with E-state index in [1.807, 2.05) is 38.1 Å². The third kappa shape index (κ3) is 2.01. The van der Waals surface area contributed by atoms with Crippen LogP contribution in [0.15, 0.2) is 24.3 Å². The monoisotopic (exact) mass is 260 g/mol. The number of anilines is 1. The molecule has 1 aliphatic rings. The Hall–Kier alpha value is -1.84. The molecule has 2 atom stereocenters. The van der Waals surface area contributed by atoms with Crippen molar-refractivity contribution in [3.05, 3.63) is 29.8 Å². The number of para-hydroxylation sites is 1. The number of amides is 2. The minimum atomic E-state index is -0.602. The van der Waals surface area contributed by atoms with Gasteiger partial charge in [-0.15, -0.1) is 0 Å². The molecule has 0 saturated heterocycles. The molecule has 4 nitrogen and oxygen atoms in total. The average Bonchev–Trinajstić information content (AvgIpc) is 2.38. The quantitative estimate of drug-likeness (QED) is 0.836. The van der Waals surface area contributed by atoms with Gasteiger partial charge in [0.25, 0.3) is 0 Å². The van der Waals surface area contributed by atoms with Crippen molar-refractivity contribution in [1.29, 1.82) is 0 Å². The van der Waals surface area contributed by atoms with E-state index in [1.54, 1.807) is 18.9 Å². The van der Waals surface area contributed by atoms with Gasteiger partial charge in [-0.3, -0.25) is 9.59 Å². The number of hydrogen-bond acceptors (Lipinski definition) is 2. The molecule has 0 aromatic heterocycles. The summed E-state index contributed by atoms with van der Waals surface area (Å²) in [5, 5.41) is 2.72. The van der Waals surface area contributed by atoms with E-state index in [0.717, 1.165) is 11.3 Å². The van der Waals surface area contributed by atoms with Gasteiger partial charge in [0.15, 0.2) is 0 Å². The molecule has 2 rings (SSSR count). The number of rotatable bonds is 1. The number of hydrogen-bond donors (Lipinski definition) is 1. The van der Waals surface area contributed by atoms with E-state index < -0.39 is 5.41 Å². The summed E-state index contributed by atoms with van der Waals surface area (Å²) in [6, 6.07) is 7.62. The van der Waals surface area contributed by atoms with Gasteiger partial charge >= 0.3 is 0 Å². The van der Waals surface area contributed by atoms with Crippen LogP contribution in [0.2, 0.25) is 0 Å². The first-order chi connectivity index (χ1) is 8.91. The lowest BCUT2D eigenvalue weighted by atomic mass is 9.72. The fraction of sp³-hybridized carbons (Fsp3) is 0.467. The Kier molecular flexibility index (Phi) is 3.35. The first-order valence-electron chi connectivity index (χ1n) is 6.51. The third-order valence-corrected chi connectivity index (χ3v) is 4.20. The van der Waals surface area contributed by atoms with Crippen LogP contribution < -0.4 is 10.2 Å². The number of fused-ring (bicyclic) bond motifs is 1. The van der Waals surface area contributed by atoms with Gasteiger partial charge < -0.3 is 10.2 Å². The molecule has 0 radical (unpaired) electrons. The van der Waals surface area contributed by atoms with Crippen LogP contribution in [0.3, 0.4) is 0 Å². The zero-order valence-electron chi connectivity index (χ0n) is 11.9. The van der Waals surface area contributed by atoms with Crippen LogP contribution in [0.5, 0.6) is 0 Å². The normalized spacial score (nSPS) is 25.7. The second kappa shape index (κ2) is 4.68. The van der Waals surface area contributed by atoms with Gasteiger partial charge in [0, 0.05) is 25.7 Å². The topological polar surface area (TPSA) is 49.4 Å². The van der Waals surface area contributed by atoms with Gasteiger partial charge in [-0.2, -0.15) is 0 Å². The molecule has 1 N–H and O–H groups in total. The Morgan fingerprint density at radius 2 is 2.00 bits per heavy atom. The average molecular weight is 260 g/mol. The predicted octanol–water partition coefficient (Wildman–Crippen LogP) is 1.74. The summed E-state index contributed by atoms with van der Waals surface area (Å²) >= 11 is 0. The molecule has 1 aliphatic heterocycles. The lowest BCUT2D eigenvalue weighted by molar-refractivity contribution is -0.131. The van der Waals surface area contributed by atoms with Gasteiger partial charge in [-0.25, -0.2) is 0 Å². The second-order valence-corrected chi connectivity index (χ2v) is 5.37. The summed E-state index contributed by atoms with van der Waals surface area (Å²) < 4.78 is 0. The van der Waals surface area contributed by atoms with Crippen molar-refractivity contribution >= 4 is 17.5 Å². The van der Waals surface area contributed by atoms with E-state index in [2.05, 4.69) is 5.32 Å². The summed E-state index contributed by atoms with van der Waals surface area (Å²) in [4.78, 5) is 25.9. The first-order valence-corrected chi connectivity index (χ1v) is 6.51. The number of nitrogens with one attached hydrogen (secondary N) is 1. The highest BCUT2D eigenvalue weighted by atomic mass is 16.2. The van der Waals surface area contributed by atoms with Crippen molar-refractivity contribution in [2.75, 3.05) is 11.9 Å². The van der Waals surface area contributed by atoms with E-state index in [0.29, 0.717) is 6.42 Å². The summed E-state index contributed by atoms with van der Waals surface area (Å²) in [7, 11) is 1.64. The van der Waals surface area contributed by atoms with Crippen molar-refractivity contribution in [1.82, 2.24) is 5.32 Å². The summed E-state index contributed by atoms with van der Waals surface area (Å²) in [6.07, 6.45) is 0.647. The highest BCUT2D eigenvalue weighted by molar-refractivity contribution is 5.96. The Bertz CT molecular complexity index is 527. The van der Waals surface area contributed by atoms with E-state index >= 15 is 0 Å². The molecule has 1 aromatic carbocycles. The molecular formula is C15H20N2O2. The molecule has 0 fully saturated rings. The fourth-order valence-corrected chi connectivity index (χ4v) is 2.93.